The number of rotatable bonds is 7. The van der Waals surface area contributed by atoms with Crippen LogP contribution in [0.15, 0.2) is 64.4 Å². The molecule has 3 aromatic heterocycles. The number of nitrogens with zero attached hydrogens (tertiary/aromatic N) is 5. The van der Waals surface area contributed by atoms with Gasteiger partial charge < -0.3 is 30.6 Å². The number of nitrogens with two attached hydrogens (primary N) is 1. The molecule has 4 N–H and O–H groups in total. The minimum absolute atomic E-state index is 0.132. The second-order valence-electron chi connectivity index (χ2n) is 11.0. The Morgan fingerprint density at radius 1 is 1.06 bits per heavy atom. The lowest BCUT2D eigenvalue weighted by Crippen LogP contribution is -2.41. The first-order valence-corrected chi connectivity index (χ1v) is 16.3. The Labute approximate surface area is 278 Å². The highest BCUT2D eigenvalue weighted by Crippen LogP contribution is 2.24. The maximum atomic E-state index is 12.3. The molecule has 0 aliphatic carbocycles. The highest BCUT2D eigenvalue weighted by molar-refractivity contribution is 7.17. The predicted octanol–water partition coefficient (Wildman–Crippen LogP) is 4.84. The Bertz CT molecular complexity index is 1690. The van der Waals surface area contributed by atoms with Crippen LogP contribution < -0.4 is 16.4 Å². The van der Waals surface area contributed by atoms with E-state index >= 15 is 0 Å². The summed E-state index contributed by atoms with van der Waals surface area (Å²) in [5.74, 6) is 1.09. The molecule has 13 heteroatoms. The summed E-state index contributed by atoms with van der Waals surface area (Å²) in [5, 5.41) is 7.21. The van der Waals surface area contributed by atoms with Crippen LogP contribution in [0.1, 0.15) is 59.5 Å². The summed E-state index contributed by atoms with van der Waals surface area (Å²) in [4.78, 5) is 52.4. The highest BCUT2D eigenvalue weighted by atomic mass is 32.1. The van der Waals surface area contributed by atoms with Gasteiger partial charge in [0.25, 0.3) is 5.91 Å². The Hall–Kier alpha value is -5.22. The van der Waals surface area contributed by atoms with Crippen LogP contribution in [0.4, 0.5) is 10.8 Å². The van der Waals surface area contributed by atoms with Crippen molar-refractivity contribution in [1.29, 1.82) is 0 Å². The lowest BCUT2D eigenvalue weighted by atomic mass is 10.2. The van der Waals surface area contributed by atoms with E-state index in [0.29, 0.717) is 29.5 Å². The number of guanidine groups is 1. The quantitative estimate of drug-likeness (QED) is 0.145. The number of furan rings is 1. The first kappa shape index (κ1) is 34.6. The number of fused-ring (bicyclic) bond motifs is 1. The SMILES string of the molecule is C#C.Cc1cc2cc(NC(N)=Nc3ncc(C(=O)NCc4cccnc4)s3)ccc2o1.O=C(CN1CCCCCC1=O)N1CCCC1. The van der Waals surface area contributed by atoms with Crippen LogP contribution >= 0.6 is 11.3 Å². The van der Waals surface area contributed by atoms with E-state index in [1.54, 1.807) is 17.3 Å². The van der Waals surface area contributed by atoms with Gasteiger partial charge in [-0.15, -0.1) is 12.8 Å². The fraction of sp³-hybridized carbons (Fsp3) is 0.353. The van der Waals surface area contributed by atoms with Crippen LogP contribution in [0.25, 0.3) is 11.0 Å². The maximum Gasteiger partial charge on any atom is 0.263 e. The number of likely N-dealkylation sites (tertiary alicyclic amines) is 2. The first-order valence-electron chi connectivity index (χ1n) is 15.5. The van der Waals surface area contributed by atoms with Gasteiger partial charge in [-0.25, -0.2) is 4.98 Å². The van der Waals surface area contributed by atoms with Crippen LogP contribution in [0.2, 0.25) is 0 Å². The first-order chi connectivity index (χ1) is 22.8. The third-order valence-electron chi connectivity index (χ3n) is 7.48. The number of aryl methyl sites for hydroxylation is 1. The number of terminal acetylenes is 1. The number of carbonyl (C=O) groups excluding carboxylic acids is 3. The molecule has 5 heterocycles. The summed E-state index contributed by atoms with van der Waals surface area (Å²) in [6, 6.07) is 11.3. The molecule has 6 rings (SSSR count). The average molecular weight is 657 g/mol. The van der Waals surface area contributed by atoms with Crippen molar-refractivity contribution in [2.75, 3.05) is 31.5 Å². The van der Waals surface area contributed by atoms with Gasteiger partial charge in [0, 0.05) is 56.1 Å². The number of hydrogen-bond acceptors (Lipinski definition) is 8. The molecule has 3 amide bonds. The molecule has 0 saturated carbocycles. The topological polar surface area (TPSA) is 159 Å². The Kier molecular flexibility index (Phi) is 12.9. The maximum absolute atomic E-state index is 12.3. The van der Waals surface area contributed by atoms with Crippen LogP contribution in [0.5, 0.6) is 0 Å². The third-order valence-corrected chi connectivity index (χ3v) is 8.37. The smallest absolute Gasteiger partial charge is 0.263 e. The molecular formula is C34H40N8O4S. The predicted molar refractivity (Wildman–Crippen MR) is 184 cm³/mol. The second-order valence-corrected chi connectivity index (χ2v) is 12.0. The molecule has 2 aliphatic rings. The van der Waals surface area contributed by atoms with Crippen molar-refractivity contribution in [1.82, 2.24) is 25.1 Å². The summed E-state index contributed by atoms with van der Waals surface area (Å²) in [7, 11) is 0. The van der Waals surface area contributed by atoms with Crippen molar-refractivity contribution in [2.24, 2.45) is 10.7 Å². The lowest BCUT2D eigenvalue weighted by Gasteiger charge is -2.23. The molecule has 0 bridgehead atoms. The summed E-state index contributed by atoms with van der Waals surface area (Å²) < 4.78 is 5.56. The third kappa shape index (κ3) is 10.4. The number of thiazole rings is 1. The van der Waals surface area contributed by atoms with E-state index in [0.717, 1.165) is 91.1 Å². The number of nitrogens with one attached hydrogen (secondary N) is 2. The number of anilines is 1. The molecule has 1 aromatic carbocycles. The van der Waals surface area contributed by atoms with E-state index in [1.807, 2.05) is 48.2 Å². The Balaban J connectivity index is 0.000000235. The van der Waals surface area contributed by atoms with Gasteiger partial charge in [0.15, 0.2) is 0 Å². The fourth-order valence-corrected chi connectivity index (χ4v) is 5.88. The van der Waals surface area contributed by atoms with Crippen LogP contribution in [0, 0.1) is 19.8 Å². The molecular weight excluding hydrogens is 616 g/mol. The summed E-state index contributed by atoms with van der Waals surface area (Å²) in [6.07, 6.45) is 18.8. The van der Waals surface area contributed by atoms with Gasteiger partial charge in [-0.3, -0.25) is 19.4 Å². The van der Waals surface area contributed by atoms with Gasteiger partial charge >= 0.3 is 0 Å². The minimum Gasteiger partial charge on any atom is -0.461 e. The van der Waals surface area contributed by atoms with Crippen molar-refractivity contribution in [2.45, 2.75) is 52.0 Å². The zero-order valence-electron chi connectivity index (χ0n) is 26.5. The summed E-state index contributed by atoms with van der Waals surface area (Å²) in [6.45, 7) is 5.11. The molecule has 12 nitrogen and oxygen atoms in total. The van der Waals surface area contributed by atoms with Gasteiger partial charge in [0.1, 0.15) is 16.2 Å². The molecule has 0 atom stereocenters. The molecule has 0 radical (unpaired) electrons. The number of hydrogen-bond donors (Lipinski definition) is 3. The Morgan fingerprint density at radius 3 is 2.62 bits per heavy atom. The van der Waals surface area contributed by atoms with E-state index in [2.05, 4.69) is 38.4 Å². The number of benzene rings is 1. The van der Waals surface area contributed by atoms with Crippen molar-refractivity contribution in [3.63, 3.8) is 0 Å². The molecule has 2 aliphatic heterocycles. The summed E-state index contributed by atoms with van der Waals surface area (Å²) in [5.41, 5.74) is 8.49. The van der Waals surface area contributed by atoms with Gasteiger partial charge in [-0.2, -0.15) is 4.99 Å². The van der Waals surface area contributed by atoms with E-state index in [4.69, 9.17) is 10.2 Å². The number of pyridine rings is 1. The average Bonchev–Trinajstić information content (AvgIpc) is 3.83. The fourth-order valence-electron chi connectivity index (χ4n) is 5.16. The molecule has 4 aromatic rings. The van der Waals surface area contributed by atoms with E-state index in [9.17, 15) is 14.4 Å². The second kappa shape index (κ2) is 17.5. The van der Waals surface area contributed by atoms with Gasteiger partial charge in [0.2, 0.25) is 22.9 Å². The largest absolute Gasteiger partial charge is 0.461 e. The lowest BCUT2D eigenvalue weighted by molar-refractivity contribution is -0.139. The molecule has 2 saturated heterocycles. The van der Waals surface area contributed by atoms with Crippen molar-refractivity contribution in [3.05, 3.63) is 71.2 Å². The number of amides is 3. The van der Waals surface area contributed by atoms with Gasteiger partial charge in [-0.1, -0.05) is 23.8 Å². The van der Waals surface area contributed by atoms with E-state index in [-0.39, 0.29) is 23.7 Å². The molecule has 0 spiro atoms. The van der Waals surface area contributed by atoms with Crippen LogP contribution in [-0.4, -0.2) is 69.6 Å². The zero-order valence-corrected chi connectivity index (χ0v) is 27.3. The van der Waals surface area contributed by atoms with Crippen molar-refractivity contribution in [3.8, 4) is 12.8 Å². The van der Waals surface area contributed by atoms with Gasteiger partial charge in [-0.05, 0) is 68.5 Å². The number of aliphatic imine (C=N–C) groups is 1. The number of aromatic nitrogens is 2. The normalized spacial score (nSPS) is 14.8. The standard InChI is InChI=1S/C20H18N6O2S.C12H20N2O2.C2H2/c1-12-7-14-8-15(4-5-16(14)28-12)25-19(21)26-20-24-11-17(29-20)18(27)23-10-13-3-2-6-22-9-13;15-11-6-2-1-3-9-14(11)10-12(16)13-7-4-5-8-13;1-2/h2-9,11H,10H2,1H3,(H,23,27)(H3,21,24,25,26);1-10H2;1-2H. The highest BCUT2D eigenvalue weighted by Gasteiger charge is 2.24. The van der Waals surface area contributed by atoms with Crippen LogP contribution in [-0.2, 0) is 16.1 Å². The van der Waals surface area contributed by atoms with E-state index in [1.165, 1.54) is 6.20 Å². The minimum atomic E-state index is -0.222. The molecule has 47 heavy (non-hydrogen) atoms. The molecule has 0 unspecified atom stereocenters. The number of carbonyl (C=O) groups is 3. The van der Waals surface area contributed by atoms with Crippen molar-refractivity contribution >= 4 is 56.8 Å². The van der Waals surface area contributed by atoms with E-state index < -0.39 is 0 Å². The van der Waals surface area contributed by atoms with Gasteiger partial charge in [0.05, 0.1) is 12.7 Å². The van der Waals surface area contributed by atoms with Crippen molar-refractivity contribution < 1.29 is 18.8 Å². The Morgan fingerprint density at radius 2 is 1.85 bits per heavy atom. The summed E-state index contributed by atoms with van der Waals surface area (Å²) >= 11 is 1.16. The molecule has 2 fully saturated rings. The monoisotopic (exact) mass is 656 g/mol. The zero-order chi connectivity index (χ0) is 33.6. The molecule has 246 valence electrons. The van der Waals surface area contributed by atoms with Crippen LogP contribution in [0.3, 0.4) is 0 Å².